The quantitative estimate of drug-likeness (QED) is 0.389. The van der Waals surface area contributed by atoms with Gasteiger partial charge in [0.15, 0.2) is 0 Å². The summed E-state index contributed by atoms with van der Waals surface area (Å²) in [6.07, 6.45) is -4.41. The van der Waals surface area contributed by atoms with E-state index in [1.165, 1.54) is 22.6 Å². The first-order valence-corrected chi connectivity index (χ1v) is 12.8. The number of ether oxygens (including phenoxy) is 1. The van der Waals surface area contributed by atoms with Crippen LogP contribution >= 0.6 is 11.3 Å². The van der Waals surface area contributed by atoms with Gasteiger partial charge >= 0.3 is 6.18 Å². The highest BCUT2D eigenvalue weighted by Crippen LogP contribution is 2.29. The molecule has 1 aliphatic heterocycles. The average Bonchev–Trinajstić information content (AvgIpc) is 3.37. The SMILES string of the molecule is CN(Cc1cccc(OCCN2CCN(C(=O)c3ccc(C(F)(F)F)cc3)CC2)c1)Cc1cccs1. The van der Waals surface area contributed by atoms with Gasteiger partial charge in [-0.1, -0.05) is 18.2 Å². The molecule has 0 saturated carbocycles. The normalized spacial score (nSPS) is 14.9. The van der Waals surface area contributed by atoms with Crippen molar-refractivity contribution in [3.05, 3.63) is 87.6 Å². The average molecular weight is 518 g/mol. The van der Waals surface area contributed by atoms with Gasteiger partial charge in [-0.15, -0.1) is 11.3 Å². The zero-order valence-corrected chi connectivity index (χ0v) is 21.0. The van der Waals surface area contributed by atoms with Crippen molar-refractivity contribution in [1.29, 1.82) is 0 Å². The lowest BCUT2D eigenvalue weighted by atomic mass is 10.1. The van der Waals surface area contributed by atoms with Crippen LogP contribution in [0.4, 0.5) is 13.2 Å². The van der Waals surface area contributed by atoms with Gasteiger partial charge in [0.25, 0.3) is 5.91 Å². The molecule has 1 amide bonds. The highest BCUT2D eigenvalue weighted by Gasteiger charge is 2.30. The molecule has 1 saturated heterocycles. The smallest absolute Gasteiger partial charge is 0.416 e. The minimum absolute atomic E-state index is 0.236. The van der Waals surface area contributed by atoms with Crippen LogP contribution in [0.5, 0.6) is 5.75 Å². The summed E-state index contributed by atoms with van der Waals surface area (Å²) in [5.41, 5.74) is 0.724. The molecule has 0 N–H and O–H groups in total. The third-order valence-corrected chi connectivity index (χ3v) is 7.01. The van der Waals surface area contributed by atoms with Crippen molar-refractivity contribution in [1.82, 2.24) is 14.7 Å². The summed E-state index contributed by atoms with van der Waals surface area (Å²) in [7, 11) is 2.11. The van der Waals surface area contributed by atoms with E-state index in [2.05, 4.69) is 46.5 Å². The van der Waals surface area contributed by atoms with Crippen molar-refractivity contribution >= 4 is 17.2 Å². The van der Waals surface area contributed by atoms with Gasteiger partial charge in [-0.3, -0.25) is 14.6 Å². The lowest BCUT2D eigenvalue weighted by Gasteiger charge is -2.34. The van der Waals surface area contributed by atoms with E-state index in [1.54, 1.807) is 16.2 Å². The number of alkyl halides is 3. The maximum absolute atomic E-state index is 12.7. The van der Waals surface area contributed by atoms with Crippen LogP contribution in [0, 0.1) is 0 Å². The van der Waals surface area contributed by atoms with Crippen molar-refractivity contribution in [3.63, 3.8) is 0 Å². The van der Waals surface area contributed by atoms with E-state index in [1.807, 2.05) is 12.1 Å². The van der Waals surface area contributed by atoms with E-state index in [0.29, 0.717) is 32.8 Å². The molecule has 36 heavy (non-hydrogen) atoms. The summed E-state index contributed by atoms with van der Waals surface area (Å²) < 4.78 is 44.2. The van der Waals surface area contributed by atoms with Gasteiger partial charge in [0.05, 0.1) is 5.56 Å². The number of nitrogens with zero attached hydrogens (tertiary/aromatic N) is 3. The lowest BCUT2D eigenvalue weighted by Crippen LogP contribution is -2.49. The molecular formula is C27H30F3N3O2S. The van der Waals surface area contributed by atoms with Crippen LogP contribution in [0.3, 0.4) is 0 Å². The fraction of sp³-hybridized carbons (Fsp3) is 0.370. The fourth-order valence-corrected chi connectivity index (χ4v) is 5.01. The van der Waals surface area contributed by atoms with E-state index in [-0.39, 0.29) is 11.5 Å². The number of piperazine rings is 1. The van der Waals surface area contributed by atoms with Gasteiger partial charge in [-0.05, 0) is 60.5 Å². The molecule has 0 aliphatic carbocycles. The molecule has 0 atom stereocenters. The van der Waals surface area contributed by atoms with Crippen LogP contribution in [-0.4, -0.2) is 67.0 Å². The maximum Gasteiger partial charge on any atom is 0.416 e. The van der Waals surface area contributed by atoms with Gasteiger partial charge in [0.2, 0.25) is 0 Å². The molecule has 0 unspecified atom stereocenters. The summed E-state index contributed by atoms with van der Waals surface area (Å²) in [4.78, 5) is 20.2. The van der Waals surface area contributed by atoms with E-state index in [0.717, 1.165) is 37.5 Å². The molecule has 5 nitrogen and oxygen atoms in total. The van der Waals surface area contributed by atoms with Crippen molar-refractivity contribution < 1.29 is 22.7 Å². The summed E-state index contributed by atoms with van der Waals surface area (Å²) in [5.74, 6) is 0.605. The molecule has 0 spiro atoms. The molecule has 0 bridgehead atoms. The minimum atomic E-state index is -4.41. The van der Waals surface area contributed by atoms with Crippen molar-refractivity contribution in [2.75, 3.05) is 46.4 Å². The predicted octanol–water partition coefficient (Wildman–Crippen LogP) is 5.24. The van der Waals surface area contributed by atoms with Gasteiger partial charge in [0, 0.05) is 56.3 Å². The number of hydrogen-bond acceptors (Lipinski definition) is 5. The third kappa shape index (κ3) is 7.32. The third-order valence-electron chi connectivity index (χ3n) is 6.15. The van der Waals surface area contributed by atoms with Crippen LogP contribution < -0.4 is 4.74 Å². The van der Waals surface area contributed by atoms with Gasteiger partial charge < -0.3 is 9.64 Å². The standard InChI is InChI=1S/C27H30F3N3O2S/c1-31(20-25-6-3-17-36-25)19-21-4-2-5-24(18-21)35-16-15-32-11-13-33(14-12-32)26(34)22-7-9-23(10-8-22)27(28,29)30/h2-10,17-18H,11-16,19-20H2,1H3. The largest absolute Gasteiger partial charge is 0.492 e. The Morgan fingerprint density at radius 1 is 1.00 bits per heavy atom. The van der Waals surface area contributed by atoms with Gasteiger partial charge in [-0.2, -0.15) is 13.2 Å². The lowest BCUT2D eigenvalue weighted by molar-refractivity contribution is -0.137. The molecule has 0 radical (unpaired) electrons. The number of benzene rings is 2. The van der Waals surface area contributed by atoms with E-state index >= 15 is 0 Å². The summed E-state index contributed by atoms with van der Waals surface area (Å²) in [6.45, 7) is 5.50. The molecule has 192 valence electrons. The molecule has 9 heteroatoms. The summed E-state index contributed by atoms with van der Waals surface area (Å²) in [5, 5.41) is 2.09. The number of thiophene rings is 1. The summed E-state index contributed by atoms with van der Waals surface area (Å²) in [6, 6.07) is 16.8. The predicted molar refractivity (Wildman–Crippen MR) is 135 cm³/mol. The Hall–Kier alpha value is -2.88. The van der Waals surface area contributed by atoms with Crippen LogP contribution in [0.2, 0.25) is 0 Å². The Labute approximate surface area is 213 Å². The number of rotatable bonds is 9. The topological polar surface area (TPSA) is 36.0 Å². The number of halogens is 3. The van der Waals surface area contributed by atoms with Crippen molar-refractivity contribution in [2.24, 2.45) is 0 Å². The van der Waals surface area contributed by atoms with Crippen LogP contribution in [-0.2, 0) is 19.3 Å². The second-order valence-corrected chi connectivity index (χ2v) is 9.99. The Kier molecular flexibility index (Phi) is 8.66. The van der Waals surface area contributed by atoms with Crippen LogP contribution in [0.15, 0.2) is 66.0 Å². The molecule has 4 rings (SSSR count). The fourth-order valence-electron chi connectivity index (χ4n) is 4.22. The molecule has 1 fully saturated rings. The number of hydrogen-bond donors (Lipinski definition) is 0. The first-order valence-electron chi connectivity index (χ1n) is 11.9. The van der Waals surface area contributed by atoms with E-state index in [9.17, 15) is 18.0 Å². The van der Waals surface area contributed by atoms with Crippen LogP contribution in [0.25, 0.3) is 0 Å². The van der Waals surface area contributed by atoms with Crippen molar-refractivity contribution in [2.45, 2.75) is 19.3 Å². The highest BCUT2D eigenvalue weighted by molar-refractivity contribution is 7.09. The first kappa shape index (κ1) is 26.2. The first-order chi connectivity index (χ1) is 17.3. The Bertz CT molecular complexity index is 1110. The van der Waals surface area contributed by atoms with Gasteiger partial charge in [0.1, 0.15) is 12.4 Å². The molecule has 3 aromatic rings. The second kappa shape index (κ2) is 11.9. The summed E-state index contributed by atoms with van der Waals surface area (Å²) >= 11 is 1.76. The molecule has 1 aliphatic rings. The number of amides is 1. The second-order valence-electron chi connectivity index (χ2n) is 8.96. The molecular weight excluding hydrogens is 487 g/mol. The molecule has 2 aromatic carbocycles. The maximum atomic E-state index is 12.7. The Balaban J connectivity index is 1.19. The zero-order chi connectivity index (χ0) is 25.5. The molecule has 1 aromatic heterocycles. The van der Waals surface area contributed by atoms with E-state index < -0.39 is 11.7 Å². The highest BCUT2D eigenvalue weighted by atomic mass is 32.1. The van der Waals surface area contributed by atoms with Crippen molar-refractivity contribution in [3.8, 4) is 5.75 Å². The number of carbonyl (C=O) groups is 1. The minimum Gasteiger partial charge on any atom is -0.492 e. The molecule has 2 heterocycles. The van der Waals surface area contributed by atoms with E-state index in [4.69, 9.17) is 4.74 Å². The van der Waals surface area contributed by atoms with Gasteiger partial charge in [-0.25, -0.2) is 0 Å². The Morgan fingerprint density at radius 2 is 1.75 bits per heavy atom. The van der Waals surface area contributed by atoms with Crippen LogP contribution in [0.1, 0.15) is 26.4 Å². The monoisotopic (exact) mass is 517 g/mol. The Morgan fingerprint density at radius 3 is 2.42 bits per heavy atom. The number of carbonyl (C=O) groups excluding carboxylic acids is 1. The zero-order valence-electron chi connectivity index (χ0n) is 20.2.